The van der Waals surface area contributed by atoms with Crippen molar-refractivity contribution in [2.45, 2.75) is 19.1 Å². The van der Waals surface area contributed by atoms with Crippen LogP contribution >= 0.6 is 22.9 Å². The van der Waals surface area contributed by atoms with E-state index in [0.717, 1.165) is 10.4 Å². The van der Waals surface area contributed by atoms with Crippen molar-refractivity contribution in [3.05, 3.63) is 57.2 Å². The van der Waals surface area contributed by atoms with Gasteiger partial charge in [0.1, 0.15) is 0 Å². The molecule has 4 nitrogen and oxygen atoms in total. The summed E-state index contributed by atoms with van der Waals surface area (Å²) in [5, 5.41) is 18.1. The maximum Gasteiger partial charge on any atom is 0.315 e. The van der Waals surface area contributed by atoms with E-state index in [1.54, 1.807) is 29.5 Å². The minimum atomic E-state index is -0.638. The molecule has 0 saturated heterocycles. The Hall–Kier alpha value is -1.56. The van der Waals surface area contributed by atoms with Gasteiger partial charge in [0.25, 0.3) is 0 Å². The Balaban J connectivity index is 1.67. The summed E-state index contributed by atoms with van der Waals surface area (Å²) in [6.45, 7) is 0.907. The molecule has 3 N–H and O–H groups in total. The number of thiophene rings is 1. The van der Waals surface area contributed by atoms with Gasteiger partial charge in [-0.25, -0.2) is 4.79 Å². The number of halogens is 1. The monoisotopic (exact) mass is 324 g/mol. The number of urea groups is 1. The molecule has 2 amide bonds. The molecule has 0 bridgehead atoms. The molecule has 1 atom stereocenters. The minimum absolute atomic E-state index is 0.235. The number of rotatable bonds is 6. The summed E-state index contributed by atoms with van der Waals surface area (Å²) >= 11 is 7.47. The predicted molar refractivity (Wildman–Crippen MR) is 85.6 cm³/mol. The van der Waals surface area contributed by atoms with Crippen LogP contribution in [0.4, 0.5) is 4.79 Å². The zero-order valence-corrected chi connectivity index (χ0v) is 13.0. The lowest BCUT2D eigenvalue weighted by Gasteiger charge is -2.12. The van der Waals surface area contributed by atoms with Gasteiger partial charge in [0.2, 0.25) is 0 Å². The van der Waals surface area contributed by atoms with Crippen LogP contribution in [0.2, 0.25) is 5.02 Å². The second kappa shape index (κ2) is 8.02. The molecule has 0 unspecified atom stereocenters. The van der Waals surface area contributed by atoms with Crippen LogP contribution in [0.5, 0.6) is 0 Å². The fourth-order valence-corrected chi connectivity index (χ4v) is 2.69. The zero-order chi connectivity index (χ0) is 15.1. The molecule has 2 rings (SSSR count). The summed E-state index contributed by atoms with van der Waals surface area (Å²) in [7, 11) is 0. The average molecular weight is 325 g/mol. The van der Waals surface area contributed by atoms with Crippen molar-refractivity contribution >= 4 is 29.0 Å². The molecule has 1 aromatic heterocycles. The van der Waals surface area contributed by atoms with E-state index in [1.807, 2.05) is 23.6 Å². The van der Waals surface area contributed by atoms with Gasteiger partial charge in [-0.1, -0.05) is 29.8 Å². The molecular formula is C15H17ClN2O2S. The van der Waals surface area contributed by atoms with Gasteiger partial charge in [-0.05, 0) is 35.6 Å². The Labute approximate surface area is 132 Å². The van der Waals surface area contributed by atoms with Gasteiger partial charge in [-0.3, -0.25) is 0 Å². The standard InChI is InChI=1S/C15H17ClN2O2S/c16-12-4-1-3-11(9-12)14(19)6-7-17-15(20)18-10-13-5-2-8-21-13/h1-5,8-9,14,19H,6-7,10H2,(H2,17,18,20)/t14-/m0/s1. The van der Waals surface area contributed by atoms with Crippen LogP contribution in [0.3, 0.4) is 0 Å². The third kappa shape index (κ3) is 5.38. The molecule has 0 fully saturated rings. The molecule has 6 heteroatoms. The van der Waals surface area contributed by atoms with Crippen molar-refractivity contribution < 1.29 is 9.90 Å². The van der Waals surface area contributed by atoms with Crippen molar-refractivity contribution in [1.29, 1.82) is 0 Å². The van der Waals surface area contributed by atoms with Crippen molar-refractivity contribution in [2.24, 2.45) is 0 Å². The van der Waals surface area contributed by atoms with Crippen LogP contribution in [0, 0.1) is 0 Å². The van der Waals surface area contributed by atoms with Crippen molar-refractivity contribution in [3.63, 3.8) is 0 Å². The zero-order valence-electron chi connectivity index (χ0n) is 11.4. The van der Waals surface area contributed by atoms with E-state index in [2.05, 4.69) is 10.6 Å². The molecule has 1 aromatic carbocycles. The molecule has 0 radical (unpaired) electrons. The summed E-state index contributed by atoms with van der Waals surface area (Å²) < 4.78 is 0. The van der Waals surface area contributed by atoms with Crippen LogP contribution in [0.25, 0.3) is 0 Å². The molecule has 0 aliphatic heterocycles. The highest BCUT2D eigenvalue weighted by molar-refractivity contribution is 7.09. The molecule has 0 aliphatic carbocycles. The predicted octanol–water partition coefficient (Wildman–Crippen LogP) is 3.32. The summed E-state index contributed by atoms with van der Waals surface area (Å²) in [4.78, 5) is 12.7. The summed E-state index contributed by atoms with van der Waals surface area (Å²) in [6.07, 6.45) is -0.200. The second-order valence-corrected chi connectivity index (χ2v) is 6.02. The largest absolute Gasteiger partial charge is 0.388 e. The van der Waals surface area contributed by atoms with E-state index in [9.17, 15) is 9.90 Å². The lowest BCUT2D eigenvalue weighted by Crippen LogP contribution is -2.35. The molecule has 1 heterocycles. The maximum atomic E-state index is 11.6. The minimum Gasteiger partial charge on any atom is -0.388 e. The molecule has 0 saturated carbocycles. The van der Waals surface area contributed by atoms with Gasteiger partial charge in [0, 0.05) is 16.4 Å². The summed E-state index contributed by atoms with van der Waals surface area (Å²) in [5.41, 5.74) is 0.753. The fraction of sp³-hybridized carbons (Fsp3) is 0.267. The Morgan fingerprint density at radius 3 is 2.86 bits per heavy atom. The number of hydrogen-bond donors (Lipinski definition) is 3. The summed E-state index contributed by atoms with van der Waals surface area (Å²) in [5.74, 6) is 0. The van der Waals surface area contributed by atoms with Crippen LogP contribution in [-0.2, 0) is 6.54 Å². The Morgan fingerprint density at radius 2 is 2.14 bits per heavy atom. The Morgan fingerprint density at radius 1 is 1.29 bits per heavy atom. The van der Waals surface area contributed by atoms with Crippen LogP contribution in [0.1, 0.15) is 23.0 Å². The van der Waals surface area contributed by atoms with E-state index < -0.39 is 6.10 Å². The van der Waals surface area contributed by atoms with E-state index in [0.29, 0.717) is 24.5 Å². The van der Waals surface area contributed by atoms with Gasteiger partial charge in [-0.2, -0.15) is 0 Å². The first-order valence-corrected chi connectivity index (χ1v) is 7.88. The van der Waals surface area contributed by atoms with E-state index >= 15 is 0 Å². The van der Waals surface area contributed by atoms with E-state index in [4.69, 9.17) is 11.6 Å². The first kappa shape index (κ1) is 15.8. The molecule has 0 aliphatic rings. The number of aliphatic hydroxyl groups is 1. The number of nitrogens with one attached hydrogen (secondary N) is 2. The number of aliphatic hydroxyl groups excluding tert-OH is 1. The second-order valence-electron chi connectivity index (χ2n) is 4.55. The molecule has 112 valence electrons. The van der Waals surface area contributed by atoms with Crippen LogP contribution < -0.4 is 10.6 Å². The highest BCUT2D eigenvalue weighted by Crippen LogP contribution is 2.19. The lowest BCUT2D eigenvalue weighted by molar-refractivity contribution is 0.167. The normalized spacial score (nSPS) is 11.9. The van der Waals surface area contributed by atoms with E-state index in [-0.39, 0.29) is 6.03 Å². The SMILES string of the molecule is O=C(NCC[C@H](O)c1cccc(Cl)c1)NCc1cccs1. The number of hydrogen-bond acceptors (Lipinski definition) is 3. The third-order valence-electron chi connectivity index (χ3n) is 2.94. The Kier molecular flexibility index (Phi) is 6.04. The topological polar surface area (TPSA) is 61.4 Å². The van der Waals surface area contributed by atoms with Gasteiger partial charge in [0.05, 0.1) is 12.6 Å². The third-order valence-corrected chi connectivity index (χ3v) is 4.05. The quantitative estimate of drug-likeness (QED) is 0.763. The molecular weight excluding hydrogens is 308 g/mol. The summed E-state index contributed by atoms with van der Waals surface area (Å²) in [6, 6.07) is 10.8. The van der Waals surface area contributed by atoms with Gasteiger partial charge < -0.3 is 15.7 Å². The number of carbonyl (C=O) groups is 1. The average Bonchev–Trinajstić information content (AvgIpc) is 2.98. The molecule has 21 heavy (non-hydrogen) atoms. The maximum absolute atomic E-state index is 11.6. The Bertz CT molecular complexity index is 575. The number of amides is 2. The van der Waals surface area contributed by atoms with Crippen molar-refractivity contribution in [3.8, 4) is 0 Å². The van der Waals surface area contributed by atoms with Crippen LogP contribution in [-0.4, -0.2) is 17.7 Å². The highest BCUT2D eigenvalue weighted by atomic mass is 35.5. The van der Waals surface area contributed by atoms with Crippen molar-refractivity contribution in [2.75, 3.05) is 6.54 Å². The molecule has 0 spiro atoms. The van der Waals surface area contributed by atoms with E-state index in [1.165, 1.54) is 0 Å². The first-order valence-electron chi connectivity index (χ1n) is 6.63. The number of carbonyl (C=O) groups excluding carboxylic acids is 1. The molecule has 2 aromatic rings. The number of benzene rings is 1. The lowest BCUT2D eigenvalue weighted by atomic mass is 10.1. The van der Waals surface area contributed by atoms with Gasteiger partial charge in [-0.15, -0.1) is 11.3 Å². The van der Waals surface area contributed by atoms with Crippen LogP contribution in [0.15, 0.2) is 41.8 Å². The van der Waals surface area contributed by atoms with Gasteiger partial charge >= 0.3 is 6.03 Å². The van der Waals surface area contributed by atoms with Gasteiger partial charge in [0.15, 0.2) is 0 Å². The van der Waals surface area contributed by atoms with Crippen molar-refractivity contribution in [1.82, 2.24) is 10.6 Å². The fourth-order valence-electron chi connectivity index (χ4n) is 1.85. The smallest absolute Gasteiger partial charge is 0.315 e. The first-order chi connectivity index (χ1) is 10.1. The highest BCUT2D eigenvalue weighted by Gasteiger charge is 2.08.